The number of pyridine rings is 1. The zero-order valence-electron chi connectivity index (χ0n) is 11.6. The summed E-state index contributed by atoms with van der Waals surface area (Å²) in [6, 6.07) is 7.16. The van der Waals surface area contributed by atoms with Gasteiger partial charge in [0.2, 0.25) is 5.95 Å². The van der Waals surface area contributed by atoms with Crippen LogP contribution in [0, 0.1) is 11.3 Å². The maximum atomic E-state index is 12.3. The molecule has 6 nitrogen and oxygen atoms in total. The molecular formula is C15H15N5O. The van der Waals surface area contributed by atoms with Gasteiger partial charge in [-0.05, 0) is 25.0 Å². The van der Waals surface area contributed by atoms with Crippen LogP contribution in [0.25, 0.3) is 11.3 Å². The van der Waals surface area contributed by atoms with Gasteiger partial charge in [-0.15, -0.1) is 0 Å². The molecule has 1 aliphatic heterocycles. The van der Waals surface area contributed by atoms with Gasteiger partial charge < -0.3 is 4.90 Å². The van der Waals surface area contributed by atoms with E-state index in [1.54, 1.807) is 12.4 Å². The molecule has 106 valence electrons. The highest BCUT2D eigenvalue weighted by atomic mass is 16.1. The number of anilines is 1. The normalized spacial score (nSPS) is 14.1. The lowest BCUT2D eigenvalue weighted by atomic mass is 10.2. The average molecular weight is 281 g/mol. The fourth-order valence-corrected chi connectivity index (χ4v) is 2.54. The van der Waals surface area contributed by atoms with Crippen LogP contribution in [0.4, 0.5) is 5.95 Å². The molecule has 1 fully saturated rings. The van der Waals surface area contributed by atoms with Crippen LogP contribution in [-0.4, -0.2) is 27.6 Å². The molecule has 2 aromatic rings. The first-order chi connectivity index (χ1) is 10.3. The second kappa shape index (κ2) is 5.75. The molecule has 0 spiro atoms. The largest absolute Gasteiger partial charge is 0.342 e. The summed E-state index contributed by atoms with van der Waals surface area (Å²) in [6.45, 7) is 1.77. The van der Waals surface area contributed by atoms with Gasteiger partial charge in [-0.3, -0.25) is 14.3 Å². The Morgan fingerprint density at radius 3 is 2.62 bits per heavy atom. The molecular weight excluding hydrogens is 266 g/mol. The van der Waals surface area contributed by atoms with E-state index in [0.717, 1.165) is 31.5 Å². The minimum Gasteiger partial charge on any atom is -0.342 e. The van der Waals surface area contributed by atoms with Crippen LogP contribution in [-0.2, 0) is 6.54 Å². The molecule has 2 aromatic heterocycles. The Kier molecular flexibility index (Phi) is 3.65. The summed E-state index contributed by atoms with van der Waals surface area (Å²) in [5, 5.41) is 8.93. The predicted molar refractivity (Wildman–Crippen MR) is 78.8 cm³/mol. The van der Waals surface area contributed by atoms with Gasteiger partial charge in [0.25, 0.3) is 5.56 Å². The number of hydrogen-bond donors (Lipinski definition) is 0. The molecule has 21 heavy (non-hydrogen) atoms. The quantitative estimate of drug-likeness (QED) is 0.850. The Hall–Kier alpha value is -2.68. The third-order valence-corrected chi connectivity index (χ3v) is 3.58. The summed E-state index contributed by atoms with van der Waals surface area (Å²) < 4.78 is 1.44. The Labute approximate surface area is 122 Å². The zero-order chi connectivity index (χ0) is 14.7. The summed E-state index contributed by atoms with van der Waals surface area (Å²) in [6.07, 6.45) is 5.52. The Bertz CT molecular complexity index is 726. The lowest BCUT2D eigenvalue weighted by Gasteiger charge is -2.20. The molecule has 3 rings (SSSR count). The first-order valence-corrected chi connectivity index (χ1v) is 6.94. The smallest absolute Gasteiger partial charge is 0.256 e. The molecule has 0 N–H and O–H groups in total. The van der Waals surface area contributed by atoms with Crippen molar-refractivity contribution in [2.75, 3.05) is 18.0 Å². The molecule has 0 amide bonds. The molecule has 0 aliphatic carbocycles. The highest BCUT2D eigenvalue weighted by molar-refractivity contribution is 5.59. The van der Waals surface area contributed by atoms with Crippen LogP contribution in [0.3, 0.4) is 0 Å². The Balaban J connectivity index is 2.13. The van der Waals surface area contributed by atoms with Gasteiger partial charge in [-0.2, -0.15) is 5.26 Å². The molecule has 6 heteroatoms. The van der Waals surface area contributed by atoms with Gasteiger partial charge in [0.05, 0.1) is 11.8 Å². The van der Waals surface area contributed by atoms with Crippen LogP contribution in [0.15, 0.2) is 35.4 Å². The fourth-order valence-electron chi connectivity index (χ4n) is 2.54. The Morgan fingerprint density at radius 2 is 1.95 bits per heavy atom. The molecule has 0 atom stereocenters. The number of hydrogen-bond acceptors (Lipinski definition) is 5. The second-order valence-electron chi connectivity index (χ2n) is 4.95. The lowest BCUT2D eigenvalue weighted by molar-refractivity contribution is 0.726. The van der Waals surface area contributed by atoms with E-state index in [2.05, 4.69) is 14.9 Å². The van der Waals surface area contributed by atoms with E-state index in [1.807, 2.05) is 18.2 Å². The molecule has 1 saturated heterocycles. The summed E-state index contributed by atoms with van der Waals surface area (Å²) in [5.74, 6) is 0.591. The highest BCUT2D eigenvalue weighted by Gasteiger charge is 2.19. The number of aromatic nitrogens is 3. The van der Waals surface area contributed by atoms with Gasteiger partial charge in [0, 0.05) is 37.1 Å². The van der Waals surface area contributed by atoms with E-state index < -0.39 is 0 Å². The van der Waals surface area contributed by atoms with Crippen molar-refractivity contribution >= 4 is 5.95 Å². The van der Waals surface area contributed by atoms with Gasteiger partial charge in [0.15, 0.2) is 0 Å². The summed E-state index contributed by atoms with van der Waals surface area (Å²) in [7, 11) is 0. The topological polar surface area (TPSA) is 74.8 Å². The third-order valence-electron chi connectivity index (χ3n) is 3.58. The van der Waals surface area contributed by atoms with E-state index in [-0.39, 0.29) is 12.1 Å². The summed E-state index contributed by atoms with van der Waals surface area (Å²) in [4.78, 5) is 23.0. The minimum atomic E-state index is -0.194. The highest BCUT2D eigenvalue weighted by Crippen LogP contribution is 2.21. The SMILES string of the molecule is N#CCn1c(N2CCCC2)nc(-c2ccncc2)cc1=O. The van der Waals surface area contributed by atoms with E-state index in [0.29, 0.717) is 11.6 Å². The van der Waals surface area contributed by atoms with Crippen LogP contribution < -0.4 is 10.5 Å². The number of nitriles is 1. The standard InChI is InChI=1S/C15H15N5O/c16-5-10-20-14(21)11-13(12-3-6-17-7-4-12)18-15(20)19-8-1-2-9-19/h3-4,6-7,11H,1-2,8-10H2. The third kappa shape index (κ3) is 2.63. The fraction of sp³-hybridized carbons (Fsp3) is 0.333. The van der Waals surface area contributed by atoms with Crippen LogP contribution in [0.1, 0.15) is 12.8 Å². The van der Waals surface area contributed by atoms with Gasteiger partial charge in [-0.1, -0.05) is 0 Å². The van der Waals surface area contributed by atoms with Crippen molar-refractivity contribution in [1.29, 1.82) is 5.26 Å². The first-order valence-electron chi connectivity index (χ1n) is 6.94. The molecule has 3 heterocycles. The molecule has 0 radical (unpaired) electrons. The van der Waals surface area contributed by atoms with Crippen LogP contribution in [0.2, 0.25) is 0 Å². The summed E-state index contributed by atoms with van der Waals surface area (Å²) >= 11 is 0. The van der Waals surface area contributed by atoms with Gasteiger partial charge >= 0.3 is 0 Å². The van der Waals surface area contributed by atoms with Crippen molar-refractivity contribution in [3.05, 3.63) is 40.9 Å². The maximum absolute atomic E-state index is 12.3. The molecule has 0 saturated carbocycles. The molecule has 0 unspecified atom stereocenters. The molecule has 0 bridgehead atoms. The summed E-state index contributed by atoms with van der Waals surface area (Å²) in [5.41, 5.74) is 1.28. The Morgan fingerprint density at radius 1 is 1.24 bits per heavy atom. The van der Waals surface area contributed by atoms with Crippen LogP contribution >= 0.6 is 0 Å². The van der Waals surface area contributed by atoms with E-state index in [1.165, 1.54) is 10.6 Å². The minimum absolute atomic E-state index is 0.0221. The van der Waals surface area contributed by atoms with E-state index in [4.69, 9.17) is 5.26 Å². The molecule has 0 aromatic carbocycles. The van der Waals surface area contributed by atoms with Crippen molar-refractivity contribution in [3.8, 4) is 17.3 Å². The zero-order valence-corrected chi connectivity index (χ0v) is 11.6. The monoisotopic (exact) mass is 281 g/mol. The van der Waals surface area contributed by atoms with Crippen molar-refractivity contribution in [1.82, 2.24) is 14.5 Å². The van der Waals surface area contributed by atoms with Gasteiger partial charge in [-0.25, -0.2) is 4.98 Å². The number of rotatable bonds is 3. The van der Waals surface area contributed by atoms with Gasteiger partial charge in [0.1, 0.15) is 6.54 Å². The molecule has 1 aliphatic rings. The van der Waals surface area contributed by atoms with Crippen molar-refractivity contribution in [3.63, 3.8) is 0 Å². The maximum Gasteiger partial charge on any atom is 0.256 e. The van der Waals surface area contributed by atoms with Crippen molar-refractivity contribution in [2.45, 2.75) is 19.4 Å². The van der Waals surface area contributed by atoms with Crippen molar-refractivity contribution < 1.29 is 0 Å². The lowest BCUT2D eigenvalue weighted by Crippen LogP contribution is -2.30. The second-order valence-corrected chi connectivity index (χ2v) is 4.95. The van der Waals surface area contributed by atoms with Crippen LogP contribution in [0.5, 0.6) is 0 Å². The predicted octanol–water partition coefficient (Wildman–Crippen LogP) is 1.43. The average Bonchev–Trinajstić information content (AvgIpc) is 3.04. The van der Waals surface area contributed by atoms with E-state index in [9.17, 15) is 4.79 Å². The van der Waals surface area contributed by atoms with E-state index >= 15 is 0 Å². The van der Waals surface area contributed by atoms with Crippen molar-refractivity contribution in [2.24, 2.45) is 0 Å². The first kappa shape index (κ1) is 13.3. The number of nitrogens with zero attached hydrogens (tertiary/aromatic N) is 5.